The summed E-state index contributed by atoms with van der Waals surface area (Å²) >= 11 is 0. The van der Waals surface area contributed by atoms with Gasteiger partial charge in [0.2, 0.25) is 17.7 Å². The predicted octanol–water partition coefficient (Wildman–Crippen LogP) is 0.257. The largest absolute Gasteiger partial charge is 0.390 e. The third-order valence-electron chi connectivity index (χ3n) is 5.12. The molecule has 1 saturated heterocycles. The number of hydrogen-bond acceptors (Lipinski definition) is 7. The number of nitrogens with two attached hydrogens (primary N) is 1. The van der Waals surface area contributed by atoms with Crippen molar-refractivity contribution in [2.75, 3.05) is 40.5 Å². The number of carbonyl (C=O) groups is 3. The van der Waals surface area contributed by atoms with Crippen LogP contribution in [-0.4, -0.2) is 97.1 Å². The summed E-state index contributed by atoms with van der Waals surface area (Å²) in [5, 5.41) is 10.1. The fourth-order valence-electron chi connectivity index (χ4n) is 3.28. The number of rotatable bonds is 13. The van der Waals surface area contributed by atoms with Crippen LogP contribution in [0, 0.1) is 0 Å². The number of carbonyl (C=O) groups excluding carboxylic acids is 3. The molecule has 3 amide bonds. The first kappa shape index (κ1) is 27.3. The summed E-state index contributed by atoms with van der Waals surface area (Å²) in [5.41, 5.74) is 4.28. The van der Waals surface area contributed by atoms with Gasteiger partial charge in [0.1, 0.15) is 12.1 Å². The highest BCUT2D eigenvalue weighted by Gasteiger charge is 2.36. The Kier molecular flexibility index (Phi) is 11.4. The number of aliphatic hydroxyl groups is 1. The number of nitrogens with zero attached hydrogens (tertiary/aromatic N) is 2. The molecule has 10 nitrogen and oxygen atoms in total. The topological polar surface area (TPSA) is 132 Å². The van der Waals surface area contributed by atoms with E-state index in [-0.39, 0.29) is 38.3 Å². The van der Waals surface area contributed by atoms with Gasteiger partial charge in [-0.3, -0.25) is 14.4 Å². The normalized spacial score (nSPS) is 17.1. The van der Waals surface area contributed by atoms with Crippen molar-refractivity contribution in [1.82, 2.24) is 9.80 Å². The number of amides is 3. The molecule has 1 aliphatic heterocycles. The van der Waals surface area contributed by atoms with Gasteiger partial charge in [-0.15, -0.1) is 0 Å². The van der Waals surface area contributed by atoms with Crippen molar-refractivity contribution < 1.29 is 33.7 Å². The molecule has 31 heavy (non-hydrogen) atoms. The Hall–Kier alpha value is -1.75. The lowest BCUT2D eigenvalue weighted by Gasteiger charge is -2.35. The van der Waals surface area contributed by atoms with Gasteiger partial charge >= 0.3 is 0 Å². The van der Waals surface area contributed by atoms with Gasteiger partial charge in [0.05, 0.1) is 32.0 Å². The highest BCUT2D eigenvalue weighted by molar-refractivity contribution is 5.91. The minimum absolute atomic E-state index is 0.0267. The maximum absolute atomic E-state index is 13.2. The van der Waals surface area contributed by atoms with Gasteiger partial charge in [0.25, 0.3) is 0 Å². The smallest absolute Gasteiger partial charge is 0.248 e. The van der Waals surface area contributed by atoms with E-state index in [1.807, 2.05) is 6.92 Å². The summed E-state index contributed by atoms with van der Waals surface area (Å²) in [7, 11) is 2.98. The molecule has 0 aromatic rings. The van der Waals surface area contributed by atoms with Crippen molar-refractivity contribution in [1.29, 1.82) is 0 Å². The molecule has 2 atom stereocenters. The zero-order valence-electron chi connectivity index (χ0n) is 19.5. The zero-order valence-corrected chi connectivity index (χ0v) is 19.5. The summed E-state index contributed by atoms with van der Waals surface area (Å²) in [6, 6.07) is -1.95. The van der Waals surface area contributed by atoms with Crippen LogP contribution in [0.5, 0.6) is 0 Å². The fraction of sp³-hybridized carbons (Fsp3) is 0.857. The van der Waals surface area contributed by atoms with Crippen LogP contribution in [0.25, 0.3) is 0 Å². The maximum Gasteiger partial charge on any atom is 0.248 e. The molecule has 0 spiro atoms. The van der Waals surface area contributed by atoms with E-state index in [0.29, 0.717) is 26.1 Å². The molecule has 0 unspecified atom stereocenters. The standard InChI is InChI=1S/C21H39N3O7/c1-6-8-17(25)23(4)16(14-29-12-9-18-30-10-7-11-31-18)20(27)24(5)15(19(22)26)13-21(2,3)28/h15-16,18,28H,6-14H2,1-5H3,(H2,22,26)/t15-,16+/m0/s1. The molecule has 1 heterocycles. The summed E-state index contributed by atoms with van der Waals surface area (Å²) < 4.78 is 16.6. The van der Waals surface area contributed by atoms with Crippen molar-refractivity contribution in [2.24, 2.45) is 5.73 Å². The SMILES string of the molecule is CCCC(=O)N(C)[C@H](COCCC1OCCCO1)C(=O)N(C)[C@@H](CC(C)(C)O)C(N)=O. The number of hydrogen-bond donors (Lipinski definition) is 2. The van der Waals surface area contributed by atoms with E-state index in [4.69, 9.17) is 19.9 Å². The average Bonchev–Trinajstić information content (AvgIpc) is 2.70. The van der Waals surface area contributed by atoms with E-state index in [2.05, 4.69) is 0 Å². The van der Waals surface area contributed by atoms with Crippen LogP contribution in [0.1, 0.15) is 52.9 Å². The molecular weight excluding hydrogens is 406 g/mol. The summed E-state index contributed by atoms with van der Waals surface area (Å²) in [6.07, 6.45) is 1.93. The Bertz CT molecular complexity index is 588. The van der Waals surface area contributed by atoms with Crippen molar-refractivity contribution in [3.63, 3.8) is 0 Å². The summed E-state index contributed by atoms with van der Waals surface area (Å²) in [6.45, 7) is 6.47. The van der Waals surface area contributed by atoms with Gasteiger partial charge in [-0.2, -0.15) is 0 Å². The Morgan fingerprint density at radius 1 is 1.16 bits per heavy atom. The van der Waals surface area contributed by atoms with Crippen LogP contribution in [-0.2, 0) is 28.6 Å². The summed E-state index contributed by atoms with van der Waals surface area (Å²) in [5.74, 6) is -1.41. The molecule has 1 rings (SSSR count). The molecule has 0 bridgehead atoms. The second kappa shape index (κ2) is 12.9. The fourth-order valence-corrected chi connectivity index (χ4v) is 3.28. The van der Waals surface area contributed by atoms with Gasteiger partial charge in [0, 0.05) is 33.4 Å². The zero-order chi connectivity index (χ0) is 23.6. The third kappa shape index (κ3) is 9.51. The monoisotopic (exact) mass is 445 g/mol. The van der Waals surface area contributed by atoms with E-state index < -0.39 is 29.5 Å². The van der Waals surface area contributed by atoms with Crippen LogP contribution in [0.2, 0.25) is 0 Å². The first-order chi connectivity index (χ1) is 14.5. The molecule has 0 saturated carbocycles. The molecule has 0 aliphatic carbocycles. The van der Waals surface area contributed by atoms with Crippen molar-refractivity contribution in [3.8, 4) is 0 Å². The Morgan fingerprint density at radius 2 is 1.77 bits per heavy atom. The van der Waals surface area contributed by atoms with Gasteiger partial charge < -0.3 is 34.9 Å². The molecule has 3 N–H and O–H groups in total. The van der Waals surface area contributed by atoms with Gasteiger partial charge in [-0.1, -0.05) is 6.92 Å². The number of ether oxygens (including phenoxy) is 3. The molecule has 0 radical (unpaired) electrons. The lowest BCUT2D eigenvalue weighted by Crippen LogP contribution is -2.56. The Balaban J connectivity index is 2.85. The maximum atomic E-state index is 13.2. The second-order valence-electron chi connectivity index (χ2n) is 8.54. The quantitative estimate of drug-likeness (QED) is 0.389. The van der Waals surface area contributed by atoms with E-state index in [1.165, 1.54) is 30.7 Å². The van der Waals surface area contributed by atoms with E-state index >= 15 is 0 Å². The molecule has 0 aromatic carbocycles. The Morgan fingerprint density at radius 3 is 2.29 bits per heavy atom. The van der Waals surface area contributed by atoms with Crippen LogP contribution in [0.15, 0.2) is 0 Å². The summed E-state index contributed by atoms with van der Waals surface area (Å²) in [4.78, 5) is 40.2. The number of primary amides is 1. The van der Waals surface area contributed by atoms with Gasteiger partial charge in [-0.05, 0) is 26.7 Å². The van der Waals surface area contributed by atoms with Crippen LogP contribution in [0.3, 0.4) is 0 Å². The molecule has 180 valence electrons. The van der Waals surface area contributed by atoms with Gasteiger partial charge in [0.15, 0.2) is 6.29 Å². The second-order valence-corrected chi connectivity index (χ2v) is 8.54. The lowest BCUT2D eigenvalue weighted by molar-refractivity contribution is -0.187. The highest BCUT2D eigenvalue weighted by atomic mass is 16.7. The third-order valence-corrected chi connectivity index (χ3v) is 5.12. The highest BCUT2D eigenvalue weighted by Crippen LogP contribution is 2.17. The number of likely N-dealkylation sites (N-methyl/N-ethyl adjacent to an activating group) is 2. The van der Waals surface area contributed by atoms with E-state index in [1.54, 1.807) is 7.05 Å². The molecule has 10 heteroatoms. The minimum atomic E-state index is -1.20. The van der Waals surface area contributed by atoms with E-state index in [9.17, 15) is 19.5 Å². The first-order valence-electron chi connectivity index (χ1n) is 10.8. The lowest BCUT2D eigenvalue weighted by atomic mass is 9.97. The first-order valence-corrected chi connectivity index (χ1v) is 10.8. The van der Waals surface area contributed by atoms with E-state index in [0.717, 1.165) is 6.42 Å². The van der Waals surface area contributed by atoms with Gasteiger partial charge in [-0.25, -0.2) is 0 Å². The van der Waals surface area contributed by atoms with Crippen LogP contribution < -0.4 is 5.73 Å². The van der Waals surface area contributed by atoms with Crippen molar-refractivity contribution >= 4 is 17.7 Å². The van der Waals surface area contributed by atoms with Crippen molar-refractivity contribution in [3.05, 3.63) is 0 Å². The predicted molar refractivity (Wildman–Crippen MR) is 114 cm³/mol. The van der Waals surface area contributed by atoms with Crippen LogP contribution in [0.4, 0.5) is 0 Å². The molecule has 0 aromatic heterocycles. The van der Waals surface area contributed by atoms with Crippen LogP contribution >= 0.6 is 0 Å². The average molecular weight is 446 g/mol. The Labute approximate surface area is 185 Å². The van der Waals surface area contributed by atoms with Crippen molar-refractivity contribution in [2.45, 2.75) is 76.9 Å². The minimum Gasteiger partial charge on any atom is -0.390 e. The molecule has 1 fully saturated rings. The molecular formula is C21H39N3O7. The molecule has 1 aliphatic rings.